The van der Waals surface area contributed by atoms with E-state index < -0.39 is 5.92 Å². The second-order valence-corrected chi connectivity index (χ2v) is 10.6. The highest BCUT2D eigenvalue weighted by atomic mass is 32.2. The lowest BCUT2D eigenvalue weighted by molar-refractivity contribution is -0.155. The normalized spacial score (nSPS) is 15.1. The fourth-order valence-electron chi connectivity index (χ4n) is 3.59. The maximum atomic E-state index is 12.6. The first-order valence-electron chi connectivity index (χ1n) is 11.4. The Morgan fingerprint density at radius 2 is 1.54 bits per heavy atom. The van der Waals surface area contributed by atoms with Gasteiger partial charge in [-0.1, -0.05) is 73.6 Å². The zero-order valence-corrected chi connectivity index (χ0v) is 20.5. The minimum Gasteiger partial charge on any atom is -0.465 e. The molecule has 0 spiro atoms. The van der Waals surface area contributed by atoms with Gasteiger partial charge in [0, 0.05) is 5.41 Å². The molecule has 3 nitrogen and oxygen atoms in total. The third-order valence-electron chi connectivity index (χ3n) is 5.58. The molecule has 166 valence electrons. The van der Waals surface area contributed by atoms with Gasteiger partial charge in [0.25, 0.3) is 0 Å². The lowest BCUT2D eigenvalue weighted by Crippen LogP contribution is -2.31. The van der Waals surface area contributed by atoms with E-state index in [1.807, 2.05) is 11.8 Å². The summed E-state index contributed by atoms with van der Waals surface area (Å²) in [5, 5.41) is 0. The van der Waals surface area contributed by atoms with Crippen molar-refractivity contribution in [2.45, 2.75) is 106 Å². The van der Waals surface area contributed by atoms with Gasteiger partial charge < -0.3 is 4.74 Å². The van der Waals surface area contributed by atoms with Gasteiger partial charge in [0.05, 0.1) is 6.61 Å². The molecule has 0 fully saturated rings. The van der Waals surface area contributed by atoms with Crippen LogP contribution < -0.4 is 0 Å². The SMILES string of the molecule is CCCCC(C)(C)CSCCC(C(C)=O)C(=O)OCC(C)(CCC)CCCC. The maximum Gasteiger partial charge on any atom is 0.316 e. The van der Waals surface area contributed by atoms with Crippen LogP contribution in [0.5, 0.6) is 0 Å². The Bertz CT molecular complexity index is 447. The summed E-state index contributed by atoms with van der Waals surface area (Å²) in [6.07, 6.45) is 9.78. The second kappa shape index (κ2) is 14.5. The first-order chi connectivity index (χ1) is 13.1. The van der Waals surface area contributed by atoms with Crippen LogP contribution in [0.15, 0.2) is 0 Å². The van der Waals surface area contributed by atoms with Crippen LogP contribution in [0.1, 0.15) is 106 Å². The van der Waals surface area contributed by atoms with E-state index in [0.29, 0.717) is 18.4 Å². The smallest absolute Gasteiger partial charge is 0.316 e. The number of rotatable bonds is 17. The summed E-state index contributed by atoms with van der Waals surface area (Å²) in [5.74, 6) is 0.900. The van der Waals surface area contributed by atoms with E-state index in [4.69, 9.17) is 4.74 Å². The summed E-state index contributed by atoms with van der Waals surface area (Å²) in [4.78, 5) is 24.6. The van der Waals surface area contributed by atoms with Crippen molar-refractivity contribution in [1.29, 1.82) is 0 Å². The summed E-state index contributed by atoms with van der Waals surface area (Å²) in [6.45, 7) is 15.3. The number of hydrogen-bond donors (Lipinski definition) is 0. The van der Waals surface area contributed by atoms with Crippen molar-refractivity contribution in [1.82, 2.24) is 0 Å². The Labute approximate surface area is 179 Å². The number of carbonyl (C=O) groups excluding carboxylic acids is 2. The molecule has 0 aromatic carbocycles. The lowest BCUT2D eigenvalue weighted by Gasteiger charge is -2.29. The Morgan fingerprint density at radius 1 is 0.929 bits per heavy atom. The highest BCUT2D eigenvalue weighted by Gasteiger charge is 2.29. The third kappa shape index (κ3) is 12.1. The maximum absolute atomic E-state index is 12.6. The quantitative estimate of drug-likeness (QED) is 0.145. The Hall–Kier alpha value is -0.510. The molecule has 28 heavy (non-hydrogen) atoms. The van der Waals surface area contributed by atoms with Gasteiger partial charge in [0.1, 0.15) is 11.7 Å². The molecule has 0 rings (SSSR count). The van der Waals surface area contributed by atoms with Crippen LogP contribution in [-0.2, 0) is 14.3 Å². The van der Waals surface area contributed by atoms with E-state index in [1.165, 1.54) is 26.2 Å². The zero-order valence-electron chi connectivity index (χ0n) is 19.7. The van der Waals surface area contributed by atoms with Crippen molar-refractivity contribution in [2.24, 2.45) is 16.7 Å². The van der Waals surface area contributed by atoms with Crippen LogP contribution in [0.4, 0.5) is 0 Å². The van der Waals surface area contributed by atoms with Gasteiger partial charge in [-0.05, 0) is 49.5 Å². The summed E-state index contributed by atoms with van der Waals surface area (Å²) in [6, 6.07) is 0. The fourth-order valence-corrected chi connectivity index (χ4v) is 4.83. The van der Waals surface area contributed by atoms with E-state index in [0.717, 1.165) is 43.6 Å². The Morgan fingerprint density at radius 3 is 2.07 bits per heavy atom. The van der Waals surface area contributed by atoms with Crippen LogP contribution in [0.2, 0.25) is 0 Å². The van der Waals surface area contributed by atoms with Crippen LogP contribution in [0, 0.1) is 16.7 Å². The number of esters is 1. The average Bonchev–Trinajstić information content (AvgIpc) is 2.63. The highest BCUT2D eigenvalue weighted by molar-refractivity contribution is 7.99. The van der Waals surface area contributed by atoms with Gasteiger partial charge in [0.15, 0.2) is 0 Å². The third-order valence-corrected chi connectivity index (χ3v) is 7.09. The minimum absolute atomic E-state index is 0.0276. The number of ether oxygens (including phenoxy) is 1. The van der Waals surface area contributed by atoms with E-state index >= 15 is 0 Å². The van der Waals surface area contributed by atoms with Crippen LogP contribution in [-0.4, -0.2) is 29.9 Å². The lowest BCUT2D eigenvalue weighted by atomic mass is 9.81. The number of Topliss-reactive ketones (excluding diaryl/α,β-unsaturated/α-hetero) is 1. The Kier molecular flexibility index (Phi) is 14.2. The van der Waals surface area contributed by atoms with Crippen LogP contribution in [0.25, 0.3) is 0 Å². The van der Waals surface area contributed by atoms with Gasteiger partial charge in [0.2, 0.25) is 0 Å². The van der Waals surface area contributed by atoms with E-state index in [2.05, 4.69) is 41.5 Å². The highest BCUT2D eigenvalue weighted by Crippen LogP contribution is 2.31. The first-order valence-corrected chi connectivity index (χ1v) is 12.5. The molecule has 0 aliphatic rings. The molecule has 0 aliphatic heterocycles. The van der Waals surface area contributed by atoms with E-state index in [1.54, 1.807) is 0 Å². The zero-order chi connectivity index (χ0) is 21.6. The summed E-state index contributed by atoms with van der Waals surface area (Å²) >= 11 is 1.86. The summed E-state index contributed by atoms with van der Waals surface area (Å²) < 4.78 is 5.66. The summed E-state index contributed by atoms with van der Waals surface area (Å²) in [7, 11) is 0. The van der Waals surface area contributed by atoms with Gasteiger partial charge >= 0.3 is 5.97 Å². The standard InChI is InChI=1S/C24H46O3S/c1-8-11-15-23(5,6)19-28-17-13-21(20(4)25)22(26)27-18-24(7,14-10-3)16-12-9-2/h21H,8-19H2,1-7H3. The number of hydrogen-bond acceptors (Lipinski definition) is 4. The first kappa shape index (κ1) is 27.5. The van der Waals surface area contributed by atoms with Crippen molar-refractivity contribution in [2.75, 3.05) is 18.1 Å². The van der Waals surface area contributed by atoms with Crippen LogP contribution >= 0.6 is 11.8 Å². The molecule has 0 bridgehead atoms. The largest absolute Gasteiger partial charge is 0.465 e. The molecule has 0 N–H and O–H groups in total. The van der Waals surface area contributed by atoms with Gasteiger partial charge in [-0.25, -0.2) is 0 Å². The topological polar surface area (TPSA) is 43.4 Å². The molecule has 0 aromatic rings. The van der Waals surface area contributed by atoms with E-state index in [-0.39, 0.29) is 17.2 Å². The van der Waals surface area contributed by atoms with Crippen molar-refractivity contribution >= 4 is 23.5 Å². The molecule has 0 radical (unpaired) electrons. The summed E-state index contributed by atoms with van der Waals surface area (Å²) in [5.41, 5.74) is 0.341. The number of unbranched alkanes of at least 4 members (excludes halogenated alkanes) is 2. The predicted octanol–water partition coefficient (Wildman–Crippen LogP) is 7.07. The molecule has 0 heterocycles. The number of carbonyl (C=O) groups is 2. The fraction of sp³-hybridized carbons (Fsp3) is 0.917. The van der Waals surface area contributed by atoms with Crippen molar-refractivity contribution in [3.63, 3.8) is 0 Å². The average molecular weight is 415 g/mol. The van der Waals surface area contributed by atoms with Crippen LogP contribution in [0.3, 0.4) is 0 Å². The monoisotopic (exact) mass is 414 g/mol. The molecule has 0 saturated carbocycles. The number of thioether (sulfide) groups is 1. The molecule has 0 amide bonds. The van der Waals surface area contributed by atoms with E-state index in [9.17, 15) is 9.59 Å². The minimum atomic E-state index is -0.608. The molecule has 4 heteroatoms. The molecule has 2 atom stereocenters. The second-order valence-electron chi connectivity index (χ2n) is 9.54. The molecule has 0 aromatic heterocycles. The number of ketones is 1. The molecule has 2 unspecified atom stereocenters. The predicted molar refractivity (Wildman–Crippen MR) is 123 cm³/mol. The van der Waals surface area contributed by atoms with Crippen molar-refractivity contribution in [3.05, 3.63) is 0 Å². The van der Waals surface area contributed by atoms with Gasteiger partial charge in [-0.2, -0.15) is 11.8 Å². The molecule has 0 saturated heterocycles. The van der Waals surface area contributed by atoms with Crippen molar-refractivity contribution < 1.29 is 14.3 Å². The Balaban J connectivity index is 4.53. The van der Waals surface area contributed by atoms with Gasteiger partial charge in [-0.3, -0.25) is 9.59 Å². The molecular formula is C24H46O3S. The molecular weight excluding hydrogens is 368 g/mol. The van der Waals surface area contributed by atoms with Crippen molar-refractivity contribution in [3.8, 4) is 0 Å². The van der Waals surface area contributed by atoms with Gasteiger partial charge in [-0.15, -0.1) is 0 Å². The molecule has 0 aliphatic carbocycles.